The third-order valence-corrected chi connectivity index (χ3v) is 3.02. The van der Waals surface area contributed by atoms with Crippen molar-refractivity contribution in [3.05, 3.63) is 52.9 Å². The summed E-state index contributed by atoms with van der Waals surface area (Å²) in [5, 5.41) is 2.58. The maximum atomic E-state index is 3.93. The van der Waals surface area contributed by atoms with E-state index in [2.05, 4.69) is 60.1 Å². The van der Waals surface area contributed by atoms with Crippen molar-refractivity contribution >= 4 is 26.7 Å². The Morgan fingerprint density at radius 2 is 1.93 bits per heavy atom. The molecule has 0 N–H and O–H groups in total. The summed E-state index contributed by atoms with van der Waals surface area (Å²) < 4.78 is 1.13. The van der Waals surface area contributed by atoms with Gasteiger partial charge in [-0.05, 0) is 54.3 Å². The predicted molar refractivity (Wildman–Crippen MR) is 65.4 cm³/mol. The van der Waals surface area contributed by atoms with Crippen molar-refractivity contribution in [3.63, 3.8) is 0 Å². The number of hydrogen-bond donors (Lipinski definition) is 0. The molecule has 1 heteroatoms. The first-order valence-electron chi connectivity index (χ1n) is 4.69. The quantitative estimate of drug-likeness (QED) is 0.706. The van der Waals surface area contributed by atoms with Gasteiger partial charge in [-0.2, -0.15) is 0 Å². The highest BCUT2D eigenvalue weighted by molar-refractivity contribution is 9.10. The van der Waals surface area contributed by atoms with Gasteiger partial charge in [-0.25, -0.2) is 0 Å². The van der Waals surface area contributed by atoms with E-state index < -0.39 is 0 Å². The molecule has 0 saturated carbocycles. The minimum atomic E-state index is 0.859. The van der Waals surface area contributed by atoms with Gasteiger partial charge in [-0.15, -0.1) is 0 Å². The highest BCUT2D eigenvalue weighted by Crippen LogP contribution is 2.23. The number of aryl methyl sites for hydroxylation is 1. The zero-order valence-electron chi connectivity index (χ0n) is 8.18. The van der Waals surface area contributed by atoms with Gasteiger partial charge in [-0.3, -0.25) is 0 Å². The lowest BCUT2D eigenvalue weighted by Crippen LogP contribution is -1.86. The van der Waals surface area contributed by atoms with Crippen molar-refractivity contribution in [2.45, 2.75) is 13.3 Å². The van der Waals surface area contributed by atoms with E-state index in [1.54, 1.807) is 0 Å². The van der Waals surface area contributed by atoms with Crippen LogP contribution >= 0.6 is 15.9 Å². The smallest absolute Gasteiger partial charge is 0.0181 e. The Labute approximate surface area is 93.1 Å². The molecule has 1 radical (unpaired) electrons. The standard InChI is InChI=1S/C13H12Br/c1-3-10-7-11-4-5-13(14)8-12(11)6-9(10)2/h4-8H,1,3H2,2H3. The van der Waals surface area contributed by atoms with Crippen LogP contribution in [0.4, 0.5) is 0 Å². The molecule has 2 rings (SSSR count). The van der Waals surface area contributed by atoms with Gasteiger partial charge in [0.25, 0.3) is 0 Å². The molecule has 0 aromatic heterocycles. The zero-order chi connectivity index (χ0) is 10.1. The van der Waals surface area contributed by atoms with Gasteiger partial charge in [0.05, 0.1) is 0 Å². The molecule has 71 valence electrons. The molecule has 0 unspecified atom stereocenters. The van der Waals surface area contributed by atoms with Crippen molar-refractivity contribution in [2.75, 3.05) is 0 Å². The first kappa shape index (κ1) is 9.72. The van der Waals surface area contributed by atoms with Crippen LogP contribution in [0.25, 0.3) is 10.8 Å². The molecule has 0 fully saturated rings. The highest BCUT2D eigenvalue weighted by Gasteiger charge is 2.00. The summed E-state index contributed by atoms with van der Waals surface area (Å²) in [4.78, 5) is 0. The number of hydrogen-bond acceptors (Lipinski definition) is 0. The molecule has 0 atom stereocenters. The summed E-state index contributed by atoms with van der Waals surface area (Å²) in [6.45, 7) is 6.07. The van der Waals surface area contributed by atoms with E-state index in [-0.39, 0.29) is 0 Å². The van der Waals surface area contributed by atoms with Gasteiger partial charge < -0.3 is 0 Å². The largest absolute Gasteiger partial charge is 0.0533 e. The summed E-state index contributed by atoms with van der Waals surface area (Å²) in [5.41, 5.74) is 2.66. The third kappa shape index (κ3) is 1.69. The van der Waals surface area contributed by atoms with Crippen LogP contribution in [0.5, 0.6) is 0 Å². The average Bonchev–Trinajstić information content (AvgIpc) is 2.16. The van der Waals surface area contributed by atoms with Crippen LogP contribution in [0.1, 0.15) is 11.1 Å². The minimum Gasteiger partial charge on any atom is -0.0533 e. The summed E-state index contributed by atoms with van der Waals surface area (Å²) in [5.74, 6) is 0. The Morgan fingerprint density at radius 1 is 1.14 bits per heavy atom. The molecule has 0 saturated heterocycles. The van der Waals surface area contributed by atoms with Gasteiger partial charge in [0.1, 0.15) is 0 Å². The number of fused-ring (bicyclic) bond motifs is 1. The van der Waals surface area contributed by atoms with Gasteiger partial charge in [0.15, 0.2) is 0 Å². The van der Waals surface area contributed by atoms with E-state index in [0.717, 1.165) is 10.9 Å². The normalized spacial score (nSPS) is 10.8. The van der Waals surface area contributed by atoms with Gasteiger partial charge in [0.2, 0.25) is 0 Å². The van der Waals surface area contributed by atoms with E-state index in [0.29, 0.717) is 0 Å². The lowest BCUT2D eigenvalue weighted by molar-refractivity contribution is 1.23. The van der Waals surface area contributed by atoms with Crippen LogP contribution in [0.3, 0.4) is 0 Å². The Kier molecular flexibility index (Phi) is 2.60. The first-order valence-corrected chi connectivity index (χ1v) is 5.48. The second kappa shape index (κ2) is 3.74. The molecule has 0 aliphatic carbocycles. The molecular weight excluding hydrogens is 236 g/mol. The second-order valence-corrected chi connectivity index (χ2v) is 4.44. The van der Waals surface area contributed by atoms with Crippen molar-refractivity contribution in [2.24, 2.45) is 0 Å². The lowest BCUT2D eigenvalue weighted by Gasteiger charge is -2.06. The van der Waals surface area contributed by atoms with Crippen molar-refractivity contribution < 1.29 is 0 Å². The van der Waals surface area contributed by atoms with Crippen LogP contribution in [0.15, 0.2) is 34.8 Å². The molecular formula is C13H12Br. The zero-order valence-corrected chi connectivity index (χ0v) is 9.76. The van der Waals surface area contributed by atoms with E-state index in [1.165, 1.54) is 21.9 Å². The lowest BCUT2D eigenvalue weighted by atomic mass is 10.0. The molecule has 0 bridgehead atoms. The number of rotatable bonds is 1. The molecule has 0 spiro atoms. The Balaban J connectivity index is 2.73. The molecule has 0 aliphatic rings. The van der Waals surface area contributed by atoms with Crippen molar-refractivity contribution in [1.82, 2.24) is 0 Å². The SMILES string of the molecule is [CH2]Cc1cc2ccc(Br)cc2cc1C. The van der Waals surface area contributed by atoms with Gasteiger partial charge in [-0.1, -0.05) is 34.1 Å². The molecule has 14 heavy (non-hydrogen) atoms. The van der Waals surface area contributed by atoms with Crippen LogP contribution in [0.2, 0.25) is 0 Å². The maximum absolute atomic E-state index is 3.93. The third-order valence-electron chi connectivity index (χ3n) is 2.53. The topological polar surface area (TPSA) is 0 Å². The van der Waals surface area contributed by atoms with E-state index in [1.807, 2.05) is 0 Å². The molecule has 0 amide bonds. The fraction of sp³-hybridized carbons (Fsp3) is 0.154. The Bertz CT molecular complexity index is 472. The molecule has 2 aromatic carbocycles. The average molecular weight is 248 g/mol. The Hall–Kier alpha value is -0.820. The monoisotopic (exact) mass is 247 g/mol. The summed E-state index contributed by atoms with van der Waals surface area (Å²) in [7, 11) is 0. The van der Waals surface area contributed by atoms with Crippen molar-refractivity contribution in [3.8, 4) is 0 Å². The van der Waals surface area contributed by atoms with Crippen LogP contribution < -0.4 is 0 Å². The van der Waals surface area contributed by atoms with Crippen molar-refractivity contribution in [1.29, 1.82) is 0 Å². The number of halogens is 1. The summed E-state index contributed by atoms with van der Waals surface area (Å²) in [6, 6.07) is 10.8. The second-order valence-electron chi connectivity index (χ2n) is 3.52. The van der Waals surface area contributed by atoms with E-state index >= 15 is 0 Å². The van der Waals surface area contributed by atoms with E-state index in [9.17, 15) is 0 Å². The maximum Gasteiger partial charge on any atom is 0.0181 e. The number of benzene rings is 2. The predicted octanol–water partition coefficient (Wildman–Crippen LogP) is 4.29. The summed E-state index contributed by atoms with van der Waals surface area (Å²) in [6.07, 6.45) is 0.859. The van der Waals surface area contributed by atoms with Crippen LogP contribution in [0, 0.1) is 13.8 Å². The Morgan fingerprint density at radius 3 is 2.64 bits per heavy atom. The fourth-order valence-corrected chi connectivity index (χ4v) is 2.08. The van der Waals surface area contributed by atoms with Crippen LogP contribution in [-0.2, 0) is 6.42 Å². The summed E-state index contributed by atoms with van der Waals surface area (Å²) >= 11 is 3.48. The molecule has 2 aromatic rings. The first-order chi connectivity index (χ1) is 6.70. The van der Waals surface area contributed by atoms with Gasteiger partial charge >= 0.3 is 0 Å². The fourth-order valence-electron chi connectivity index (χ4n) is 1.70. The molecule has 0 aliphatic heterocycles. The molecule has 0 nitrogen and oxygen atoms in total. The van der Waals surface area contributed by atoms with Gasteiger partial charge in [0, 0.05) is 4.47 Å². The van der Waals surface area contributed by atoms with Crippen LogP contribution in [-0.4, -0.2) is 0 Å². The molecule has 0 heterocycles. The minimum absolute atomic E-state index is 0.859. The van der Waals surface area contributed by atoms with E-state index in [4.69, 9.17) is 0 Å². The highest BCUT2D eigenvalue weighted by atomic mass is 79.9.